The predicted molar refractivity (Wildman–Crippen MR) is 79.4 cm³/mol. The van der Waals surface area contributed by atoms with Gasteiger partial charge in [-0.1, -0.05) is 47.5 Å². The fraction of sp³-hybridized carbons (Fsp3) is 0.875. The Hall–Kier alpha value is -1.06. The van der Waals surface area contributed by atoms with Crippen molar-refractivity contribution in [1.82, 2.24) is 5.32 Å². The van der Waals surface area contributed by atoms with E-state index in [0.717, 1.165) is 19.3 Å². The Morgan fingerprint density at radius 2 is 1.90 bits per heavy atom. The van der Waals surface area contributed by atoms with Crippen LogP contribution in [-0.4, -0.2) is 23.0 Å². The third-order valence-electron chi connectivity index (χ3n) is 4.56. The van der Waals surface area contributed by atoms with Gasteiger partial charge in [0.2, 0.25) is 5.91 Å². The second kappa shape index (κ2) is 6.15. The van der Waals surface area contributed by atoms with E-state index in [4.69, 9.17) is 5.11 Å². The van der Waals surface area contributed by atoms with Crippen LogP contribution >= 0.6 is 0 Å². The summed E-state index contributed by atoms with van der Waals surface area (Å²) in [5.74, 6) is -0.848. The molecule has 0 aromatic heterocycles. The van der Waals surface area contributed by atoms with Gasteiger partial charge < -0.3 is 10.4 Å². The lowest BCUT2D eigenvalue weighted by atomic mass is 9.68. The van der Waals surface area contributed by atoms with Gasteiger partial charge >= 0.3 is 5.97 Å². The first-order chi connectivity index (χ1) is 9.04. The van der Waals surface area contributed by atoms with E-state index in [-0.39, 0.29) is 35.1 Å². The average Bonchev–Trinajstić information content (AvgIpc) is 2.25. The number of hydrogen-bond donors (Lipinski definition) is 2. The maximum Gasteiger partial charge on any atom is 0.305 e. The Kier molecular flexibility index (Phi) is 5.22. The smallest absolute Gasteiger partial charge is 0.305 e. The zero-order valence-corrected chi connectivity index (χ0v) is 13.5. The first-order valence-electron chi connectivity index (χ1n) is 7.56. The largest absolute Gasteiger partial charge is 0.481 e. The third-order valence-corrected chi connectivity index (χ3v) is 4.56. The SMILES string of the molecule is CC(C)(C)C(CC(=O)O)NC(=O)C1CCCCC1(C)C. The molecule has 1 rings (SSSR count). The Morgan fingerprint density at radius 3 is 2.35 bits per heavy atom. The zero-order valence-electron chi connectivity index (χ0n) is 13.5. The minimum absolute atomic E-state index is 0.00473. The van der Waals surface area contributed by atoms with E-state index < -0.39 is 5.97 Å². The Balaban J connectivity index is 2.77. The van der Waals surface area contributed by atoms with Crippen LogP contribution in [0.4, 0.5) is 0 Å². The highest BCUT2D eigenvalue weighted by atomic mass is 16.4. The van der Waals surface area contributed by atoms with Crippen molar-refractivity contribution >= 4 is 11.9 Å². The fourth-order valence-electron chi connectivity index (χ4n) is 3.00. The molecule has 1 fully saturated rings. The van der Waals surface area contributed by atoms with E-state index in [0.29, 0.717) is 0 Å². The molecule has 0 aromatic rings. The second-order valence-corrected chi connectivity index (χ2v) is 7.81. The molecule has 0 bridgehead atoms. The molecule has 2 unspecified atom stereocenters. The molecule has 1 amide bonds. The molecule has 4 nitrogen and oxygen atoms in total. The summed E-state index contributed by atoms with van der Waals surface area (Å²) in [4.78, 5) is 23.5. The first-order valence-corrected chi connectivity index (χ1v) is 7.56. The Labute approximate surface area is 122 Å². The quantitative estimate of drug-likeness (QED) is 0.832. The van der Waals surface area contributed by atoms with Crippen LogP contribution in [0, 0.1) is 16.7 Å². The van der Waals surface area contributed by atoms with Crippen molar-refractivity contribution in [3.63, 3.8) is 0 Å². The molecule has 20 heavy (non-hydrogen) atoms. The number of nitrogens with one attached hydrogen (secondary N) is 1. The zero-order chi connectivity index (χ0) is 15.6. The van der Waals surface area contributed by atoms with Crippen molar-refractivity contribution in [2.24, 2.45) is 16.7 Å². The molecule has 116 valence electrons. The highest BCUT2D eigenvalue weighted by molar-refractivity contribution is 5.80. The second-order valence-electron chi connectivity index (χ2n) is 7.81. The van der Waals surface area contributed by atoms with Gasteiger partial charge in [-0.25, -0.2) is 0 Å². The van der Waals surface area contributed by atoms with E-state index in [9.17, 15) is 9.59 Å². The van der Waals surface area contributed by atoms with Crippen LogP contribution in [0.15, 0.2) is 0 Å². The summed E-state index contributed by atoms with van der Waals surface area (Å²) in [7, 11) is 0. The summed E-state index contributed by atoms with van der Waals surface area (Å²) in [5.41, 5.74) is -0.249. The topological polar surface area (TPSA) is 66.4 Å². The standard InChI is InChI=1S/C16H29NO3/c1-15(2,3)12(10-13(18)19)17-14(20)11-8-6-7-9-16(11,4)5/h11-12H,6-10H2,1-5H3,(H,17,20)(H,18,19). The van der Waals surface area contributed by atoms with Gasteiger partial charge in [0.05, 0.1) is 6.42 Å². The molecule has 1 aliphatic rings. The first kappa shape index (κ1) is 17.0. The van der Waals surface area contributed by atoms with Crippen molar-refractivity contribution in [1.29, 1.82) is 0 Å². The third kappa shape index (κ3) is 4.50. The van der Waals surface area contributed by atoms with Gasteiger partial charge in [-0.3, -0.25) is 9.59 Å². The summed E-state index contributed by atoms with van der Waals surface area (Å²) in [6, 6.07) is -0.328. The molecule has 0 aromatic carbocycles. The highest BCUT2D eigenvalue weighted by Gasteiger charge is 2.39. The van der Waals surface area contributed by atoms with Crippen molar-refractivity contribution < 1.29 is 14.7 Å². The lowest BCUT2D eigenvalue weighted by Crippen LogP contribution is -2.50. The van der Waals surface area contributed by atoms with Crippen LogP contribution in [0.1, 0.15) is 66.7 Å². The lowest BCUT2D eigenvalue weighted by molar-refractivity contribution is -0.139. The Bertz CT molecular complexity index is 368. The van der Waals surface area contributed by atoms with Gasteiger partial charge in [-0.05, 0) is 23.7 Å². The van der Waals surface area contributed by atoms with Crippen LogP contribution in [0.5, 0.6) is 0 Å². The number of hydrogen-bond acceptors (Lipinski definition) is 2. The van der Waals surface area contributed by atoms with Crippen molar-refractivity contribution in [2.45, 2.75) is 72.8 Å². The van der Waals surface area contributed by atoms with Gasteiger partial charge in [-0.15, -0.1) is 0 Å². The monoisotopic (exact) mass is 283 g/mol. The van der Waals surface area contributed by atoms with E-state index >= 15 is 0 Å². The van der Waals surface area contributed by atoms with E-state index in [1.807, 2.05) is 20.8 Å². The number of carboxylic acids is 1. The minimum Gasteiger partial charge on any atom is -0.481 e. The molecule has 2 N–H and O–H groups in total. The summed E-state index contributed by atoms with van der Waals surface area (Å²) < 4.78 is 0. The number of rotatable bonds is 4. The summed E-state index contributed by atoms with van der Waals surface area (Å²) in [6.45, 7) is 10.2. The molecule has 2 atom stereocenters. The number of carbonyl (C=O) groups is 2. The maximum absolute atomic E-state index is 12.5. The summed E-state index contributed by atoms with van der Waals surface area (Å²) >= 11 is 0. The number of amides is 1. The molecular formula is C16H29NO3. The van der Waals surface area contributed by atoms with Gasteiger partial charge in [0.1, 0.15) is 0 Å². The van der Waals surface area contributed by atoms with E-state index in [1.54, 1.807) is 0 Å². The molecule has 0 radical (unpaired) electrons. The minimum atomic E-state index is -0.867. The summed E-state index contributed by atoms with van der Waals surface area (Å²) in [6.07, 6.45) is 4.20. The lowest BCUT2D eigenvalue weighted by Gasteiger charge is -2.39. The molecule has 1 aliphatic carbocycles. The van der Waals surface area contributed by atoms with Crippen LogP contribution < -0.4 is 5.32 Å². The van der Waals surface area contributed by atoms with Gasteiger partial charge in [0.15, 0.2) is 0 Å². The molecule has 0 heterocycles. The van der Waals surface area contributed by atoms with Crippen molar-refractivity contribution in [3.05, 3.63) is 0 Å². The van der Waals surface area contributed by atoms with Crippen LogP contribution in [0.2, 0.25) is 0 Å². The van der Waals surface area contributed by atoms with Crippen molar-refractivity contribution in [2.75, 3.05) is 0 Å². The summed E-state index contributed by atoms with van der Waals surface area (Å²) in [5, 5.41) is 12.0. The molecule has 1 saturated carbocycles. The van der Waals surface area contributed by atoms with Crippen LogP contribution in [0.25, 0.3) is 0 Å². The fourth-order valence-corrected chi connectivity index (χ4v) is 3.00. The molecular weight excluding hydrogens is 254 g/mol. The van der Waals surface area contributed by atoms with Gasteiger partial charge in [-0.2, -0.15) is 0 Å². The number of carbonyl (C=O) groups excluding carboxylic acids is 1. The number of aliphatic carboxylic acids is 1. The van der Waals surface area contributed by atoms with E-state index in [1.165, 1.54) is 6.42 Å². The predicted octanol–water partition coefficient (Wildman–Crippen LogP) is 3.21. The molecule has 0 saturated heterocycles. The van der Waals surface area contributed by atoms with Crippen LogP contribution in [-0.2, 0) is 9.59 Å². The average molecular weight is 283 g/mol. The van der Waals surface area contributed by atoms with Gasteiger partial charge in [0, 0.05) is 12.0 Å². The normalized spacial score (nSPS) is 23.9. The van der Waals surface area contributed by atoms with Crippen LogP contribution in [0.3, 0.4) is 0 Å². The number of carboxylic acid groups (broad SMARTS) is 1. The van der Waals surface area contributed by atoms with Gasteiger partial charge in [0.25, 0.3) is 0 Å². The Morgan fingerprint density at radius 1 is 1.30 bits per heavy atom. The molecule has 0 spiro atoms. The molecule has 4 heteroatoms. The van der Waals surface area contributed by atoms with Crippen molar-refractivity contribution in [3.8, 4) is 0 Å². The highest BCUT2D eigenvalue weighted by Crippen LogP contribution is 2.40. The molecule has 0 aliphatic heterocycles. The van der Waals surface area contributed by atoms with E-state index in [2.05, 4.69) is 19.2 Å². The maximum atomic E-state index is 12.5.